The topological polar surface area (TPSA) is 160 Å². The first-order valence-electron chi connectivity index (χ1n) is 20.8. The number of carbonyl (C=O) groups excluding carboxylic acids is 2. The Balaban J connectivity index is 1.14. The molecule has 3 aromatic heterocycles. The quantitative estimate of drug-likeness (QED) is 0.0896. The number of nitrogens with one attached hydrogen (secondary N) is 2. The third kappa shape index (κ3) is 10.7. The molecule has 0 fully saturated rings. The zero-order valence-corrected chi connectivity index (χ0v) is 35.5. The predicted octanol–water partition coefficient (Wildman–Crippen LogP) is 5.80. The van der Waals surface area contributed by atoms with E-state index in [0.717, 1.165) is 43.1 Å². The monoisotopic (exact) mass is 830 g/mol. The molecule has 0 atom stereocenters. The number of ether oxygens (including phenoxy) is 1. The molecule has 0 saturated heterocycles. The molecule has 0 spiro atoms. The Morgan fingerprint density at radius 2 is 1.16 bits per heavy atom. The summed E-state index contributed by atoms with van der Waals surface area (Å²) in [6, 6.07) is 25.3. The Kier molecular flexibility index (Phi) is 14.8. The van der Waals surface area contributed by atoms with Crippen LogP contribution in [0.5, 0.6) is 5.75 Å². The summed E-state index contributed by atoms with van der Waals surface area (Å²) < 4.78 is 19.1. The highest BCUT2D eigenvalue weighted by Gasteiger charge is 2.18. The van der Waals surface area contributed by atoms with E-state index in [1.165, 1.54) is 6.07 Å². The van der Waals surface area contributed by atoms with E-state index in [4.69, 9.17) is 13.6 Å². The van der Waals surface area contributed by atoms with Crippen molar-refractivity contribution in [3.63, 3.8) is 0 Å². The fraction of sp³-hybridized carbons (Fsp3) is 0.340. The van der Waals surface area contributed by atoms with Gasteiger partial charge in [0.05, 0.1) is 5.69 Å². The standard InChI is InChI=1S/C47H54N6O8/c1-6-51(7-2)36-17-15-34-27-38(46(57)60-41(34)29-36)44(55)48-20-23-50(25-26-53-22-19-40(54)43(32(53)5)59-31-33-13-11-10-12-14-33)24-21-49-45(56)39-28-35-16-18-37(52(8-3)9-4)30-42(35)61-47(39)58/h10-19,22,27-30H,6-9,20-21,23-26,31H2,1-5H3,(H,48,55)(H,49,56). The molecule has 2 N–H and O–H groups in total. The summed E-state index contributed by atoms with van der Waals surface area (Å²) in [5, 5.41) is 6.96. The fourth-order valence-electron chi connectivity index (χ4n) is 7.32. The van der Waals surface area contributed by atoms with E-state index in [1.54, 1.807) is 30.5 Å². The van der Waals surface area contributed by atoms with Gasteiger partial charge < -0.3 is 38.6 Å². The first-order chi connectivity index (χ1) is 29.5. The largest absolute Gasteiger partial charge is 0.483 e. The first-order valence-corrected chi connectivity index (χ1v) is 20.8. The zero-order chi connectivity index (χ0) is 43.5. The number of carbonyl (C=O) groups is 2. The maximum absolute atomic E-state index is 13.3. The fourth-order valence-corrected chi connectivity index (χ4v) is 7.32. The zero-order valence-electron chi connectivity index (χ0n) is 35.5. The smallest absolute Gasteiger partial charge is 0.349 e. The summed E-state index contributed by atoms with van der Waals surface area (Å²) >= 11 is 0. The number of anilines is 2. The van der Waals surface area contributed by atoms with E-state index >= 15 is 0 Å². The van der Waals surface area contributed by atoms with E-state index in [-0.39, 0.29) is 42.0 Å². The molecule has 0 radical (unpaired) electrons. The highest BCUT2D eigenvalue weighted by Crippen LogP contribution is 2.23. The summed E-state index contributed by atoms with van der Waals surface area (Å²) in [5.41, 5.74) is 2.34. The molecule has 3 aromatic carbocycles. The van der Waals surface area contributed by atoms with E-state index in [1.807, 2.05) is 98.7 Å². The van der Waals surface area contributed by atoms with Crippen LogP contribution in [0.3, 0.4) is 0 Å². The Morgan fingerprint density at radius 1 is 0.656 bits per heavy atom. The van der Waals surface area contributed by atoms with E-state index in [2.05, 4.69) is 20.4 Å². The van der Waals surface area contributed by atoms with Gasteiger partial charge in [-0.15, -0.1) is 0 Å². The van der Waals surface area contributed by atoms with Crippen LogP contribution in [0, 0.1) is 6.92 Å². The molecule has 14 heteroatoms. The third-order valence-electron chi connectivity index (χ3n) is 10.9. The van der Waals surface area contributed by atoms with Crippen molar-refractivity contribution >= 4 is 45.1 Å². The van der Waals surface area contributed by atoms with Gasteiger partial charge in [0.2, 0.25) is 5.43 Å². The van der Waals surface area contributed by atoms with Crippen molar-refractivity contribution in [3.8, 4) is 5.75 Å². The van der Waals surface area contributed by atoms with Gasteiger partial charge in [0.25, 0.3) is 11.8 Å². The van der Waals surface area contributed by atoms with Crippen LogP contribution in [-0.2, 0) is 13.2 Å². The lowest BCUT2D eigenvalue weighted by Gasteiger charge is -2.24. The molecule has 14 nitrogen and oxygen atoms in total. The van der Waals surface area contributed by atoms with Crippen molar-refractivity contribution in [2.75, 3.05) is 68.7 Å². The van der Waals surface area contributed by atoms with Crippen molar-refractivity contribution < 1.29 is 23.2 Å². The van der Waals surface area contributed by atoms with Gasteiger partial charge in [-0.25, -0.2) is 9.59 Å². The molecule has 0 bridgehead atoms. The first kappa shape index (κ1) is 43.9. The van der Waals surface area contributed by atoms with Crippen molar-refractivity contribution in [1.82, 2.24) is 20.1 Å². The van der Waals surface area contributed by atoms with Crippen LogP contribution in [0.4, 0.5) is 11.4 Å². The normalized spacial score (nSPS) is 11.2. The number of benzene rings is 3. The molecule has 0 aliphatic heterocycles. The van der Waals surface area contributed by atoms with Gasteiger partial charge in [0.1, 0.15) is 28.9 Å². The summed E-state index contributed by atoms with van der Waals surface area (Å²) in [6.07, 6.45) is 1.71. The molecule has 6 aromatic rings. The maximum atomic E-state index is 13.3. The molecule has 3 heterocycles. The second kappa shape index (κ2) is 20.5. The number of nitrogens with zero attached hydrogens (tertiary/aromatic N) is 4. The van der Waals surface area contributed by atoms with Crippen LogP contribution >= 0.6 is 0 Å². The van der Waals surface area contributed by atoms with Gasteiger partial charge in [0, 0.05) is 112 Å². The van der Waals surface area contributed by atoms with Crippen LogP contribution in [-0.4, -0.2) is 80.2 Å². The third-order valence-corrected chi connectivity index (χ3v) is 10.9. The van der Waals surface area contributed by atoms with Crippen LogP contribution in [0.2, 0.25) is 0 Å². The van der Waals surface area contributed by atoms with Crippen molar-refractivity contribution in [2.45, 2.75) is 47.8 Å². The Hall–Kier alpha value is -6.67. The molecule has 0 aliphatic rings. The maximum Gasteiger partial charge on any atom is 0.349 e. The highest BCUT2D eigenvalue weighted by molar-refractivity contribution is 5.97. The Morgan fingerprint density at radius 3 is 1.66 bits per heavy atom. The molecule has 320 valence electrons. The molecule has 0 unspecified atom stereocenters. The minimum atomic E-state index is -0.734. The van der Waals surface area contributed by atoms with Crippen molar-refractivity contribution in [2.24, 2.45) is 0 Å². The molecule has 0 aliphatic carbocycles. The molecule has 61 heavy (non-hydrogen) atoms. The number of rotatable bonds is 20. The number of aromatic nitrogens is 1. The SMILES string of the molecule is CCN(CC)c1ccc2cc(C(=O)NCCN(CCNC(=O)c3cc4ccc(N(CC)CC)cc4oc3=O)CCn3ccc(=O)c(OCc4ccccc4)c3C)c(=O)oc2c1. The van der Waals surface area contributed by atoms with Gasteiger partial charge in [-0.1, -0.05) is 30.3 Å². The Bertz CT molecular complexity index is 2520. The summed E-state index contributed by atoms with van der Waals surface area (Å²) in [7, 11) is 0. The number of hydrogen-bond donors (Lipinski definition) is 2. The number of amides is 2. The number of pyridine rings is 1. The summed E-state index contributed by atoms with van der Waals surface area (Å²) in [4.78, 5) is 71.8. The highest BCUT2D eigenvalue weighted by atomic mass is 16.5. The van der Waals surface area contributed by atoms with Crippen molar-refractivity contribution in [1.29, 1.82) is 0 Å². The van der Waals surface area contributed by atoms with Crippen LogP contribution in [0.25, 0.3) is 21.9 Å². The van der Waals surface area contributed by atoms with E-state index < -0.39 is 23.1 Å². The van der Waals surface area contributed by atoms with Gasteiger partial charge in [-0.2, -0.15) is 0 Å². The van der Waals surface area contributed by atoms with E-state index in [9.17, 15) is 24.0 Å². The minimum absolute atomic E-state index is 0.104. The van der Waals surface area contributed by atoms with Gasteiger partial charge >= 0.3 is 11.3 Å². The number of fused-ring (bicyclic) bond motifs is 2. The average molecular weight is 831 g/mol. The van der Waals surface area contributed by atoms with Crippen molar-refractivity contribution in [3.05, 3.63) is 145 Å². The second-order valence-electron chi connectivity index (χ2n) is 14.6. The number of hydrogen-bond acceptors (Lipinski definition) is 11. The lowest BCUT2D eigenvalue weighted by molar-refractivity contribution is 0.0944. The summed E-state index contributed by atoms with van der Waals surface area (Å²) in [5.74, 6) is -0.879. The van der Waals surface area contributed by atoms with Gasteiger partial charge in [-0.3, -0.25) is 19.3 Å². The van der Waals surface area contributed by atoms with Crippen LogP contribution in [0.1, 0.15) is 59.7 Å². The predicted molar refractivity (Wildman–Crippen MR) is 239 cm³/mol. The van der Waals surface area contributed by atoms with Crippen LogP contribution < -0.4 is 41.9 Å². The second-order valence-corrected chi connectivity index (χ2v) is 14.6. The molecular weight excluding hydrogens is 777 g/mol. The Labute approximate surface area is 354 Å². The molecule has 2 amide bonds. The van der Waals surface area contributed by atoms with Gasteiger partial charge in [-0.05, 0) is 76.6 Å². The molecular formula is C47H54N6O8. The van der Waals surface area contributed by atoms with Gasteiger partial charge in [0.15, 0.2) is 5.75 Å². The molecule has 0 saturated carbocycles. The van der Waals surface area contributed by atoms with E-state index in [0.29, 0.717) is 53.8 Å². The minimum Gasteiger partial charge on any atom is -0.483 e. The van der Waals surface area contributed by atoms with Crippen LogP contribution in [0.15, 0.2) is 114 Å². The molecule has 6 rings (SSSR count). The lowest BCUT2D eigenvalue weighted by atomic mass is 10.1. The average Bonchev–Trinajstić information content (AvgIpc) is 3.26. The lowest BCUT2D eigenvalue weighted by Crippen LogP contribution is -2.42. The summed E-state index contributed by atoms with van der Waals surface area (Å²) in [6.45, 7) is 15.4.